The second kappa shape index (κ2) is 7.98. The monoisotopic (exact) mass is 357 g/mol. The Morgan fingerprint density at radius 1 is 0.926 bits per heavy atom. The average Bonchev–Trinajstić information content (AvgIpc) is 2.69. The van der Waals surface area contributed by atoms with Gasteiger partial charge in [-0.2, -0.15) is 0 Å². The molecule has 4 rings (SSSR count). The van der Waals surface area contributed by atoms with Crippen molar-refractivity contribution in [1.82, 2.24) is 4.90 Å². The highest BCUT2D eigenvalue weighted by molar-refractivity contribution is 5.44. The molecule has 2 atom stereocenters. The van der Waals surface area contributed by atoms with Crippen molar-refractivity contribution >= 4 is 0 Å². The fraction of sp³-hybridized carbons (Fsp3) is 0.280. The predicted molar refractivity (Wildman–Crippen MR) is 111 cm³/mol. The molecule has 3 aromatic rings. The Morgan fingerprint density at radius 3 is 2.37 bits per heavy atom. The Bertz CT molecular complexity index is 875. The second-order valence-corrected chi connectivity index (χ2v) is 7.75. The Hall–Kier alpha value is -2.58. The third-order valence-corrected chi connectivity index (χ3v) is 5.72. The van der Waals surface area contributed by atoms with Crippen LogP contribution in [0.15, 0.2) is 78.9 Å². The smallest absolute Gasteiger partial charge is 0.115 e. The van der Waals surface area contributed by atoms with Crippen molar-refractivity contribution in [1.29, 1.82) is 0 Å². The van der Waals surface area contributed by atoms with Crippen molar-refractivity contribution in [3.63, 3.8) is 0 Å². The molecule has 0 spiro atoms. The van der Waals surface area contributed by atoms with Gasteiger partial charge < -0.3 is 10.0 Å². The van der Waals surface area contributed by atoms with Crippen LogP contribution in [0.1, 0.15) is 34.6 Å². The summed E-state index contributed by atoms with van der Waals surface area (Å²) < 4.78 is 0. The van der Waals surface area contributed by atoms with Gasteiger partial charge in [-0.05, 0) is 60.2 Å². The van der Waals surface area contributed by atoms with Crippen LogP contribution in [0.3, 0.4) is 0 Å². The molecule has 2 unspecified atom stereocenters. The van der Waals surface area contributed by atoms with E-state index in [9.17, 15) is 5.11 Å². The molecule has 3 aromatic carbocycles. The molecule has 0 saturated carbocycles. The highest BCUT2D eigenvalue weighted by atomic mass is 16.3. The van der Waals surface area contributed by atoms with Crippen LogP contribution in [-0.2, 0) is 13.0 Å². The zero-order chi connectivity index (χ0) is 18.6. The van der Waals surface area contributed by atoms with Crippen molar-refractivity contribution in [3.8, 4) is 5.75 Å². The first-order chi connectivity index (χ1) is 13.2. The van der Waals surface area contributed by atoms with Crippen LogP contribution in [0.4, 0.5) is 0 Å². The fourth-order valence-electron chi connectivity index (χ4n) is 4.54. The molecule has 27 heavy (non-hydrogen) atoms. The molecular weight excluding hydrogens is 330 g/mol. The normalized spacial score (nSPS) is 19.0. The number of hydrogen-bond donors (Lipinski definition) is 1. The molecule has 0 bridgehead atoms. The van der Waals surface area contributed by atoms with Crippen LogP contribution in [0.5, 0.6) is 5.75 Å². The lowest BCUT2D eigenvalue weighted by Gasteiger charge is -2.36. The number of benzene rings is 3. The molecule has 0 aromatic heterocycles. The molecular formula is C25H27NO. The van der Waals surface area contributed by atoms with E-state index in [1.165, 1.54) is 22.3 Å². The summed E-state index contributed by atoms with van der Waals surface area (Å²) in [5.74, 6) is 1.33. The standard InChI is InChI=1S/C25H27NO/c1-26(17-19-8-4-2-5-9-19)18-22-13-12-21-16-23(27)14-15-24(21)25(22)20-10-6-3-7-11-20/h2-11,14-16,22,25,27H,12-13,17-18H2,1H3. The summed E-state index contributed by atoms with van der Waals surface area (Å²) in [6.45, 7) is 2.04. The van der Waals surface area contributed by atoms with Gasteiger partial charge in [0.05, 0.1) is 0 Å². The van der Waals surface area contributed by atoms with Gasteiger partial charge in [0, 0.05) is 19.0 Å². The van der Waals surface area contributed by atoms with E-state index in [1.54, 1.807) is 0 Å². The summed E-state index contributed by atoms with van der Waals surface area (Å²) >= 11 is 0. The van der Waals surface area contributed by atoms with E-state index in [1.807, 2.05) is 12.1 Å². The van der Waals surface area contributed by atoms with Gasteiger partial charge >= 0.3 is 0 Å². The first-order valence-electron chi connectivity index (χ1n) is 9.80. The number of aryl methyl sites for hydroxylation is 1. The molecule has 1 aliphatic rings. The molecule has 138 valence electrons. The summed E-state index contributed by atoms with van der Waals surface area (Å²) in [4.78, 5) is 2.45. The summed E-state index contributed by atoms with van der Waals surface area (Å²) in [5.41, 5.74) is 5.41. The summed E-state index contributed by atoms with van der Waals surface area (Å²) in [6, 6.07) is 27.5. The van der Waals surface area contributed by atoms with Gasteiger partial charge in [0.15, 0.2) is 0 Å². The van der Waals surface area contributed by atoms with Crippen molar-refractivity contribution in [3.05, 3.63) is 101 Å². The summed E-state index contributed by atoms with van der Waals surface area (Å²) in [5, 5.41) is 9.91. The molecule has 0 radical (unpaired) electrons. The number of hydrogen-bond acceptors (Lipinski definition) is 2. The Balaban J connectivity index is 1.60. The van der Waals surface area contributed by atoms with Gasteiger partial charge in [-0.3, -0.25) is 0 Å². The Labute approximate surface area is 162 Å². The van der Waals surface area contributed by atoms with Crippen LogP contribution in [0, 0.1) is 5.92 Å². The molecule has 1 aliphatic carbocycles. The zero-order valence-corrected chi connectivity index (χ0v) is 15.9. The minimum Gasteiger partial charge on any atom is -0.508 e. The number of phenols is 1. The minimum absolute atomic E-state index is 0.375. The lowest BCUT2D eigenvalue weighted by atomic mass is 9.71. The van der Waals surface area contributed by atoms with Crippen LogP contribution < -0.4 is 0 Å². The topological polar surface area (TPSA) is 23.5 Å². The van der Waals surface area contributed by atoms with E-state index in [0.29, 0.717) is 17.6 Å². The minimum atomic E-state index is 0.375. The van der Waals surface area contributed by atoms with E-state index in [2.05, 4.69) is 78.7 Å². The van der Waals surface area contributed by atoms with E-state index in [0.717, 1.165) is 25.9 Å². The summed E-state index contributed by atoms with van der Waals surface area (Å²) in [7, 11) is 2.22. The SMILES string of the molecule is CN(Cc1ccccc1)CC1CCc2cc(O)ccc2C1c1ccccc1. The molecule has 0 heterocycles. The van der Waals surface area contributed by atoms with Crippen LogP contribution >= 0.6 is 0 Å². The van der Waals surface area contributed by atoms with E-state index < -0.39 is 0 Å². The molecule has 1 N–H and O–H groups in total. The van der Waals surface area contributed by atoms with Crippen LogP contribution in [0.2, 0.25) is 0 Å². The maximum absolute atomic E-state index is 9.91. The second-order valence-electron chi connectivity index (χ2n) is 7.75. The van der Waals surface area contributed by atoms with E-state index in [-0.39, 0.29) is 0 Å². The van der Waals surface area contributed by atoms with Crippen LogP contribution in [-0.4, -0.2) is 23.6 Å². The largest absolute Gasteiger partial charge is 0.508 e. The quantitative estimate of drug-likeness (QED) is 0.677. The highest BCUT2D eigenvalue weighted by Gasteiger charge is 2.31. The van der Waals surface area contributed by atoms with Gasteiger partial charge in [0.2, 0.25) is 0 Å². The van der Waals surface area contributed by atoms with E-state index in [4.69, 9.17) is 0 Å². The number of phenolic OH excluding ortho intramolecular Hbond substituents is 1. The van der Waals surface area contributed by atoms with Crippen LogP contribution in [0.25, 0.3) is 0 Å². The van der Waals surface area contributed by atoms with Crippen molar-refractivity contribution in [2.45, 2.75) is 25.3 Å². The molecule has 0 amide bonds. The Kier molecular flexibility index (Phi) is 5.26. The van der Waals surface area contributed by atoms with E-state index >= 15 is 0 Å². The maximum Gasteiger partial charge on any atom is 0.115 e. The average molecular weight is 357 g/mol. The zero-order valence-electron chi connectivity index (χ0n) is 15.9. The van der Waals surface area contributed by atoms with Gasteiger partial charge in [0.1, 0.15) is 5.75 Å². The molecule has 0 fully saturated rings. The molecule has 2 heteroatoms. The first kappa shape index (κ1) is 17.8. The van der Waals surface area contributed by atoms with Crippen molar-refractivity contribution in [2.24, 2.45) is 5.92 Å². The molecule has 2 nitrogen and oxygen atoms in total. The van der Waals surface area contributed by atoms with Gasteiger partial charge in [-0.25, -0.2) is 0 Å². The lowest BCUT2D eigenvalue weighted by Crippen LogP contribution is -2.32. The number of fused-ring (bicyclic) bond motifs is 1. The fourth-order valence-corrected chi connectivity index (χ4v) is 4.54. The first-order valence-corrected chi connectivity index (χ1v) is 9.80. The highest BCUT2D eigenvalue weighted by Crippen LogP contribution is 2.42. The molecule has 0 aliphatic heterocycles. The van der Waals surface area contributed by atoms with Crippen molar-refractivity contribution in [2.75, 3.05) is 13.6 Å². The maximum atomic E-state index is 9.91. The third-order valence-electron chi connectivity index (χ3n) is 5.72. The number of nitrogens with zero attached hydrogens (tertiary/aromatic N) is 1. The van der Waals surface area contributed by atoms with Gasteiger partial charge in [-0.1, -0.05) is 66.7 Å². The predicted octanol–water partition coefficient (Wildman–Crippen LogP) is 5.22. The van der Waals surface area contributed by atoms with Gasteiger partial charge in [0.25, 0.3) is 0 Å². The number of rotatable bonds is 5. The third kappa shape index (κ3) is 4.06. The Morgan fingerprint density at radius 2 is 1.63 bits per heavy atom. The summed E-state index contributed by atoms with van der Waals surface area (Å²) in [6.07, 6.45) is 2.19. The molecule has 0 saturated heterocycles. The van der Waals surface area contributed by atoms with Crippen molar-refractivity contribution < 1.29 is 5.11 Å². The van der Waals surface area contributed by atoms with Gasteiger partial charge in [-0.15, -0.1) is 0 Å². The lowest BCUT2D eigenvalue weighted by molar-refractivity contribution is 0.239. The number of aromatic hydroxyl groups is 1.